The van der Waals surface area contributed by atoms with Gasteiger partial charge in [-0.3, -0.25) is 0 Å². The molecule has 2 nitrogen and oxygen atoms in total. The van der Waals surface area contributed by atoms with Gasteiger partial charge in [-0.2, -0.15) is 0 Å². The van der Waals surface area contributed by atoms with Crippen LogP contribution >= 0.6 is 0 Å². The van der Waals surface area contributed by atoms with Crippen molar-refractivity contribution in [2.24, 2.45) is 5.92 Å². The third-order valence-electron chi connectivity index (χ3n) is 3.34. The lowest BCUT2D eigenvalue weighted by Gasteiger charge is -2.32. The number of ether oxygens (including phenoxy) is 1. The van der Waals surface area contributed by atoms with Gasteiger partial charge in [0.25, 0.3) is 0 Å². The van der Waals surface area contributed by atoms with Gasteiger partial charge in [-0.25, -0.2) is 0 Å². The largest absolute Gasteiger partial charge is 0.375 e. The van der Waals surface area contributed by atoms with Crippen molar-refractivity contribution in [3.8, 4) is 0 Å². The predicted octanol–water partition coefficient (Wildman–Crippen LogP) is 3.36. The molecule has 1 saturated heterocycles. The van der Waals surface area contributed by atoms with E-state index in [-0.39, 0.29) is 0 Å². The molecule has 2 atom stereocenters. The normalized spacial score (nSPS) is 30.9. The first-order valence-corrected chi connectivity index (χ1v) is 6.96. The Labute approximate surface area is 101 Å². The minimum absolute atomic E-state index is 0.428. The topological polar surface area (TPSA) is 21.3 Å². The van der Waals surface area contributed by atoms with Gasteiger partial charge in [-0.05, 0) is 45.6 Å². The van der Waals surface area contributed by atoms with Crippen molar-refractivity contribution in [2.45, 2.75) is 78.0 Å². The SMILES string of the molecule is CC(C)CCCCNC1CC(C)OC(C)C1. The molecule has 0 spiro atoms. The highest BCUT2D eigenvalue weighted by Crippen LogP contribution is 2.19. The van der Waals surface area contributed by atoms with Gasteiger partial charge < -0.3 is 10.1 Å². The van der Waals surface area contributed by atoms with Crippen LogP contribution in [0.15, 0.2) is 0 Å². The fourth-order valence-corrected chi connectivity index (χ4v) is 2.56. The molecule has 0 aliphatic carbocycles. The van der Waals surface area contributed by atoms with Crippen molar-refractivity contribution in [1.29, 1.82) is 0 Å². The van der Waals surface area contributed by atoms with Gasteiger partial charge in [0.15, 0.2) is 0 Å². The summed E-state index contributed by atoms with van der Waals surface area (Å²) in [7, 11) is 0. The summed E-state index contributed by atoms with van der Waals surface area (Å²) in [6.45, 7) is 10.1. The van der Waals surface area contributed by atoms with Gasteiger partial charge in [-0.15, -0.1) is 0 Å². The summed E-state index contributed by atoms with van der Waals surface area (Å²) in [5, 5.41) is 3.68. The first-order valence-electron chi connectivity index (χ1n) is 6.96. The highest BCUT2D eigenvalue weighted by Gasteiger charge is 2.23. The van der Waals surface area contributed by atoms with Crippen LogP contribution in [-0.2, 0) is 4.74 Å². The van der Waals surface area contributed by atoms with Crippen LogP contribution in [0.2, 0.25) is 0 Å². The fourth-order valence-electron chi connectivity index (χ4n) is 2.56. The molecule has 0 amide bonds. The maximum atomic E-state index is 5.74. The average Bonchev–Trinajstić information content (AvgIpc) is 2.15. The van der Waals surface area contributed by atoms with Crippen LogP contribution in [0.25, 0.3) is 0 Å². The first-order chi connectivity index (χ1) is 7.58. The van der Waals surface area contributed by atoms with Crippen LogP contribution in [0.4, 0.5) is 0 Å². The summed E-state index contributed by atoms with van der Waals surface area (Å²) >= 11 is 0. The van der Waals surface area contributed by atoms with E-state index in [1.807, 2.05) is 0 Å². The van der Waals surface area contributed by atoms with E-state index in [9.17, 15) is 0 Å². The zero-order valence-electron chi connectivity index (χ0n) is 11.5. The predicted molar refractivity (Wildman–Crippen MR) is 69.7 cm³/mol. The maximum absolute atomic E-state index is 5.74. The van der Waals surface area contributed by atoms with Crippen LogP contribution in [0, 0.1) is 5.92 Å². The minimum Gasteiger partial charge on any atom is -0.375 e. The van der Waals surface area contributed by atoms with Crippen molar-refractivity contribution in [1.82, 2.24) is 5.32 Å². The smallest absolute Gasteiger partial charge is 0.0565 e. The van der Waals surface area contributed by atoms with Gasteiger partial charge in [0.1, 0.15) is 0 Å². The molecule has 1 heterocycles. The Balaban J connectivity index is 2.04. The van der Waals surface area contributed by atoms with Gasteiger partial charge in [0, 0.05) is 6.04 Å². The Kier molecular flexibility index (Phi) is 6.37. The van der Waals surface area contributed by atoms with E-state index in [0.717, 1.165) is 5.92 Å². The van der Waals surface area contributed by atoms with Crippen molar-refractivity contribution in [3.05, 3.63) is 0 Å². The van der Waals surface area contributed by atoms with Crippen LogP contribution in [0.3, 0.4) is 0 Å². The molecule has 1 aliphatic heterocycles. The van der Waals surface area contributed by atoms with Crippen molar-refractivity contribution < 1.29 is 4.74 Å². The molecule has 1 N–H and O–H groups in total. The number of nitrogens with one attached hydrogen (secondary N) is 1. The number of unbranched alkanes of at least 4 members (excludes halogenated alkanes) is 1. The molecule has 0 aromatic carbocycles. The standard InChI is InChI=1S/C14H29NO/c1-11(2)7-5-6-8-15-14-9-12(3)16-13(4)10-14/h11-15H,5-10H2,1-4H3. The maximum Gasteiger partial charge on any atom is 0.0565 e. The summed E-state index contributed by atoms with van der Waals surface area (Å²) in [6, 6.07) is 0.679. The molecule has 16 heavy (non-hydrogen) atoms. The second-order valence-electron chi connectivity index (χ2n) is 5.77. The number of hydrogen-bond donors (Lipinski definition) is 1. The second-order valence-corrected chi connectivity index (χ2v) is 5.77. The molecule has 1 rings (SSSR count). The minimum atomic E-state index is 0.428. The third kappa shape index (κ3) is 5.86. The summed E-state index contributed by atoms with van der Waals surface area (Å²) in [5.74, 6) is 0.850. The lowest BCUT2D eigenvalue weighted by Crippen LogP contribution is -2.41. The van der Waals surface area contributed by atoms with Crippen LogP contribution < -0.4 is 5.32 Å². The van der Waals surface area contributed by atoms with Crippen molar-refractivity contribution >= 4 is 0 Å². The van der Waals surface area contributed by atoms with E-state index in [1.54, 1.807) is 0 Å². The molecule has 1 aliphatic rings. The van der Waals surface area contributed by atoms with Crippen LogP contribution in [0.1, 0.15) is 59.8 Å². The van der Waals surface area contributed by atoms with Crippen molar-refractivity contribution in [3.63, 3.8) is 0 Å². The van der Waals surface area contributed by atoms with Crippen LogP contribution in [0.5, 0.6) is 0 Å². The molecular formula is C14H29NO. The molecule has 2 unspecified atom stereocenters. The summed E-state index contributed by atoms with van der Waals surface area (Å²) in [6.07, 6.45) is 7.25. The quantitative estimate of drug-likeness (QED) is 0.703. The van der Waals surface area contributed by atoms with Crippen molar-refractivity contribution in [2.75, 3.05) is 6.54 Å². The highest BCUT2D eigenvalue weighted by molar-refractivity contribution is 4.78. The second kappa shape index (κ2) is 7.29. The molecule has 0 aromatic heterocycles. The average molecular weight is 227 g/mol. The molecular weight excluding hydrogens is 198 g/mol. The van der Waals surface area contributed by atoms with Gasteiger partial charge in [0.2, 0.25) is 0 Å². The molecule has 96 valence electrons. The molecule has 2 heteroatoms. The van der Waals surface area contributed by atoms with E-state index >= 15 is 0 Å². The first kappa shape index (κ1) is 14.0. The Hall–Kier alpha value is -0.0800. The fraction of sp³-hybridized carbons (Fsp3) is 1.00. The van der Waals surface area contributed by atoms with E-state index in [0.29, 0.717) is 18.2 Å². The van der Waals surface area contributed by atoms with Gasteiger partial charge >= 0.3 is 0 Å². The number of rotatable bonds is 6. The van der Waals surface area contributed by atoms with Gasteiger partial charge in [0.05, 0.1) is 12.2 Å². The van der Waals surface area contributed by atoms with E-state index in [2.05, 4.69) is 33.0 Å². The Bertz CT molecular complexity index is 172. The Morgan fingerprint density at radius 3 is 2.31 bits per heavy atom. The molecule has 0 radical (unpaired) electrons. The third-order valence-corrected chi connectivity index (χ3v) is 3.34. The summed E-state index contributed by atoms with van der Waals surface area (Å²) in [4.78, 5) is 0. The Morgan fingerprint density at radius 1 is 1.12 bits per heavy atom. The van der Waals surface area contributed by atoms with E-state index in [1.165, 1.54) is 38.6 Å². The molecule has 1 fully saturated rings. The monoisotopic (exact) mass is 227 g/mol. The molecule has 0 aromatic rings. The zero-order valence-corrected chi connectivity index (χ0v) is 11.5. The number of hydrogen-bond acceptors (Lipinski definition) is 2. The molecule has 0 bridgehead atoms. The summed E-state index contributed by atoms with van der Waals surface area (Å²) < 4.78 is 5.74. The van der Waals surface area contributed by atoms with E-state index < -0.39 is 0 Å². The highest BCUT2D eigenvalue weighted by atomic mass is 16.5. The summed E-state index contributed by atoms with van der Waals surface area (Å²) in [5.41, 5.74) is 0. The lowest BCUT2D eigenvalue weighted by atomic mass is 9.99. The van der Waals surface area contributed by atoms with Gasteiger partial charge in [-0.1, -0.05) is 26.7 Å². The van der Waals surface area contributed by atoms with Crippen LogP contribution in [-0.4, -0.2) is 24.8 Å². The lowest BCUT2D eigenvalue weighted by molar-refractivity contribution is -0.0420. The Morgan fingerprint density at radius 2 is 1.75 bits per heavy atom. The zero-order chi connectivity index (χ0) is 12.0. The van der Waals surface area contributed by atoms with E-state index in [4.69, 9.17) is 4.74 Å². The molecule has 0 saturated carbocycles.